The molecule has 0 saturated heterocycles. The fourth-order valence-electron chi connectivity index (χ4n) is 1.63. The number of carbonyl (C=O) groups is 2. The summed E-state index contributed by atoms with van der Waals surface area (Å²) in [6, 6.07) is -0.148. The van der Waals surface area contributed by atoms with Crippen LogP contribution in [-0.2, 0) is 6.54 Å². The number of nitrogens with zero attached hydrogens (tertiary/aromatic N) is 1. The monoisotopic (exact) mass is 331 g/mol. The number of thioether (sulfide) groups is 1. The Morgan fingerprint density at radius 2 is 2.19 bits per heavy atom. The molecule has 0 aliphatic rings. The summed E-state index contributed by atoms with van der Waals surface area (Å²) in [4.78, 5) is 27.0. The van der Waals surface area contributed by atoms with Crippen LogP contribution in [0, 0.1) is 6.92 Å². The minimum atomic E-state index is -0.984. The lowest BCUT2D eigenvalue weighted by Gasteiger charge is -2.13. The SMILES string of the molecule is CCSCCC(C)NC(=O)NCc1nc(C)c(C(=O)O)s1. The molecule has 118 valence electrons. The Labute approximate surface area is 132 Å². The second-order valence-electron chi connectivity index (χ2n) is 4.54. The van der Waals surface area contributed by atoms with Crippen LogP contribution in [0.2, 0.25) is 0 Å². The molecule has 6 nitrogen and oxygen atoms in total. The normalized spacial score (nSPS) is 12.0. The highest BCUT2D eigenvalue weighted by Crippen LogP contribution is 2.17. The van der Waals surface area contributed by atoms with Crippen molar-refractivity contribution >= 4 is 35.1 Å². The van der Waals surface area contributed by atoms with Gasteiger partial charge in [-0.1, -0.05) is 6.92 Å². The lowest BCUT2D eigenvalue weighted by atomic mass is 10.3. The molecule has 0 radical (unpaired) electrons. The van der Waals surface area contributed by atoms with Crippen molar-refractivity contribution in [1.82, 2.24) is 15.6 Å². The van der Waals surface area contributed by atoms with E-state index in [2.05, 4.69) is 22.5 Å². The Bertz CT molecular complexity index is 491. The zero-order valence-electron chi connectivity index (χ0n) is 12.4. The molecule has 0 saturated carbocycles. The topological polar surface area (TPSA) is 91.3 Å². The van der Waals surface area contributed by atoms with Crippen molar-refractivity contribution in [2.45, 2.75) is 39.8 Å². The first-order valence-corrected chi connectivity index (χ1v) is 8.72. The Balaban J connectivity index is 2.36. The number of thiazole rings is 1. The highest BCUT2D eigenvalue weighted by atomic mass is 32.2. The predicted octanol–water partition coefficient (Wildman–Crippen LogP) is 2.48. The van der Waals surface area contributed by atoms with Crippen molar-refractivity contribution < 1.29 is 14.7 Å². The number of carboxylic acids is 1. The molecule has 1 atom stereocenters. The average molecular weight is 331 g/mol. The van der Waals surface area contributed by atoms with Gasteiger partial charge in [0.2, 0.25) is 0 Å². The number of aryl methyl sites for hydroxylation is 1. The van der Waals surface area contributed by atoms with Crippen molar-refractivity contribution in [3.05, 3.63) is 15.6 Å². The van der Waals surface area contributed by atoms with Crippen LogP contribution in [-0.4, -0.2) is 39.6 Å². The first-order valence-electron chi connectivity index (χ1n) is 6.75. The van der Waals surface area contributed by atoms with E-state index in [0.717, 1.165) is 29.3 Å². The number of urea groups is 1. The van der Waals surface area contributed by atoms with Crippen LogP contribution in [0.5, 0.6) is 0 Å². The van der Waals surface area contributed by atoms with Gasteiger partial charge in [0.05, 0.1) is 12.2 Å². The van der Waals surface area contributed by atoms with E-state index in [4.69, 9.17) is 5.11 Å². The molecule has 2 amide bonds. The van der Waals surface area contributed by atoms with Gasteiger partial charge in [-0.3, -0.25) is 0 Å². The largest absolute Gasteiger partial charge is 0.477 e. The van der Waals surface area contributed by atoms with Gasteiger partial charge in [0.25, 0.3) is 0 Å². The van der Waals surface area contributed by atoms with E-state index in [0.29, 0.717) is 10.7 Å². The van der Waals surface area contributed by atoms with Crippen LogP contribution in [0.4, 0.5) is 4.79 Å². The van der Waals surface area contributed by atoms with E-state index in [1.165, 1.54) is 0 Å². The smallest absolute Gasteiger partial charge is 0.347 e. The average Bonchev–Trinajstić information content (AvgIpc) is 2.78. The number of rotatable bonds is 8. The van der Waals surface area contributed by atoms with E-state index in [-0.39, 0.29) is 23.5 Å². The molecule has 1 unspecified atom stereocenters. The van der Waals surface area contributed by atoms with Crippen molar-refractivity contribution in [2.24, 2.45) is 0 Å². The van der Waals surface area contributed by atoms with E-state index < -0.39 is 5.97 Å². The molecule has 21 heavy (non-hydrogen) atoms. The summed E-state index contributed by atoms with van der Waals surface area (Å²) < 4.78 is 0. The second-order valence-corrected chi connectivity index (χ2v) is 7.02. The summed E-state index contributed by atoms with van der Waals surface area (Å²) in [6.45, 7) is 5.96. The molecule has 3 N–H and O–H groups in total. The maximum atomic E-state index is 11.7. The maximum Gasteiger partial charge on any atom is 0.347 e. The summed E-state index contributed by atoms with van der Waals surface area (Å²) in [5.74, 6) is 1.11. The summed E-state index contributed by atoms with van der Waals surface area (Å²) in [5.41, 5.74) is 0.481. The Kier molecular flexibility index (Phi) is 7.52. The zero-order valence-corrected chi connectivity index (χ0v) is 14.1. The molecule has 0 bridgehead atoms. The highest BCUT2D eigenvalue weighted by molar-refractivity contribution is 7.99. The molecular weight excluding hydrogens is 310 g/mol. The van der Waals surface area contributed by atoms with Gasteiger partial charge in [0, 0.05) is 6.04 Å². The fourth-order valence-corrected chi connectivity index (χ4v) is 3.29. The first kappa shape index (κ1) is 17.8. The van der Waals surface area contributed by atoms with E-state index in [9.17, 15) is 9.59 Å². The molecule has 0 fully saturated rings. The lowest BCUT2D eigenvalue weighted by Crippen LogP contribution is -2.40. The Morgan fingerprint density at radius 1 is 1.48 bits per heavy atom. The van der Waals surface area contributed by atoms with Crippen LogP contribution in [0.25, 0.3) is 0 Å². The van der Waals surface area contributed by atoms with Crippen LogP contribution >= 0.6 is 23.1 Å². The van der Waals surface area contributed by atoms with Gasteiger partial charge in [-0.05, 0) is 31.8 Å². The first-order chi connectivity index (χ1) is 9.93. The molecule has 0 aliphatic heterocycles. The van der Waals surface area contributed by atoms with Gasteiger partial charge in [-0.25, -0.2) is 14.6 Å². The van der Waals surface area contributed by atoms with Crippen molar-refractivity contribution in [3.8, 4) is 0 Å². The number of hydrogen-bond donors (Lipinski definition) is 3. The molecule has 0 aliphatic carbocycles. The van der Waals surface area contributed by atoms with E-state index in [1.54, 1.807) is 6.92 Å². The maximum absolute atomic E-state index is 11.7. The van der Waals surface area contributed by atoms with E-state index >= 15 is 0 Å². The quantitative estimate of drug-likeness (QED) is 0.637. The van der Waals surface area contributed by atoms with Crippen LogP contribution in [0.3, 0.4) is 0 Å². The minimum absolute atomic E-state index is 0.108. The molecule has 1 aromatic heterocycles. The van der Waals surface area contributed by atoms with Crippen LogP contribution in [0.1, 0.15) is 40.6 Å². The van der Waals surface area contributed by atoms with Crippen molar-refractivity contribution in [3.63, 3.8) is 0 Å². The minimum Gasteiger partial charge on any atom is -0.477 e. The number of nitrogens with one attached hydrogen (secondary N) is 2. The number of hydrogen-bond acceptors (Lipinski definition) is 5. The van der Waals surface area contributed by atoms with Gasteiger partial charge in [-0.15, -0.1) is 11.3 Å². The number of aromatic nitrogens is 1. The molecule has 1 rings (SSSR count). The third kappa shape index (κ3) is 6.34. The van der Waals surface area contributed by atoms with Crippen LogP contribution < -0.4 is 10.6 Å². The van der Waals surface area contributed by atoms with Gasteiger partial charge in [0.15, 0.2) is 0 Å². The lowest BCUT2D eigenvalue weighted by molar-refractivity contribution is 0.0701. The highest BCUT2D eigenvalue weighted by Gasteiger charge is 2.14. The number of carboxylic acid groups (broad SMARTS) is 1. The third-order valence-electron chi connectivity index (χ3n) is 2.71. The van der Waals surface area contributed by atoms with Gasteiger partial charge in [0.1, 0.15) is 9.88 Å². The molecule has 1 aromatic rings. The standard InChI is InChI=1S/C13H21N3O3S2/c1-4-20-6-5-8(2)15-13(19)14-7-10-16-9(3)11(21-10)12(17)18/h8H,4-7H2,1-3H3,(H,17,18)(H2,14,15,19). The van der Waals surface area contributed by atoms with Crippen molar-refractivity contribution in [2.75, 3.05) is 11.5 Å². The fraction of sp³-hybridized carbons (Fsp3) is 0.615. The number of aromatic carboxylic acids is 1. The molecule has 8 heteroatoms. The molecule has 1 heterocycles. The Morgan fingerprint density at radius 3 is 2.76 bits per heavy atom. The van der Waals surface area contributed by atoms with Gasteiger partial charge < -0.3 is 15.7 Å². The summed E-state index contributed by atoms with van der Waals surface area (Å²) >= 11 is 2.93. The summed E-state index contributed by atoms with van der Waals surface area (Å²) in [6.07, 6.45) is 0.922. The third-order valence-corrected chi connectivity index (χ3v) is 4.79. The molecular formula is C13H21N3O3S2. The van der Waals surface area contributed by atoms with E-state index in [1.807, 2.05) is 18.7 Å². The second kappa shape index (κ2) is 8.89. The Hall–Kier alpha value is -1.28. The van der Waals surface area contributed by atoms with Crippen molar-refractivity contribution in [1.29, 1.82) is 0 Å². The van der Waals surface area contributed by atoms with Gasteiger partial charge >= 0.3 is 12.0 Å². The zero-order chi connectivity index (χ0) is 15.8. The van der Waals surface area contributed by atoms with Gasteiger partial charge in [-0.2, -0.15) is 11.8 Å². The molecule has 0 spiro atoms. The summed E-state index contributed by atoms with van der Waals surface area (Å²) in [7, 11) is 0. The predicted molar refractivity (Wildman–Crippen MR) is 86.3 cm³/mol. The summed E-state index contributed by atoms with van der Waals surface area (Å²) in [5, 5.41) is 15.1. The number of carbonyl (C=O) groups excluding carboxylic acids is 1. The van der Waals surface area contributed by atoms with Crippen LogP contribution in [0.15, 0.2) is 0 Å². The number of amides is 2. The molecule has 0 aromatic carbocycles.